The van der Waals surface area contributed by atoms with Crippen LogP contribution in [0.4, 0.5) is 0 Å². The van der Waals surface area contributed by atoms with E-state index in [1.165, 1.54) is 54.1 Å². The van der Waals surface area contributed by atoms with Gasteiger partial charge in [0.25, 0.3) is 0 Å². The maximum atomic E-state index is 3.46. The maximum Gasteiger partial charge on any atom is 0.0328 e. The van der Waals surface area contributed by atoms with Gasteiger partial charge in [-0.25, -0.2) is 0 Å². The predicted octanol–water partition coefficient (Wildman–Crippen LogP) is 5.30. The normalized spacial score (nSPS) is 12.6. The second kappa shape index (κ2) is 9.79. The molecule has 0 heterocycles. The summed E-state index contributed by atoms with van der Waals surface area (Å²) in [6, 6.07) is 9.22. The topological polar surface area (TPSA) is 12.0 Å². The summed E-state index contributed by atoms with van der Waals surface area (Å²) in [5, 5.41) is 3.46. The molecule has 0 amide bonds. The molecule has 1 unspecified atom stereocenters. The Hall–Kier alpha value is -0.0900. The number of unbranched alkanes of at least 4 members (excludes halogenated alkanes) is 5. The van der Waals surface area contributed by atoms with E-state index in [0.717, 1.165) is 0 Å². The molecule has 1 rings (SSSR count). The van der Waals surface area contributed by atoms with Crippen molar-refractivity contribution >= 4 is 22.6 Å². The Morgan fingerprint density at radius 1 is 1.06 bits per heavy atom. The van der Waals surface area contributed by atoms with Gasteiger partial charge in [0, 0.05) is 9.61 Å². The molecule has 0 aliphatic rings. The number of nitrogens with one attached hydrogen (secondary N) is 1. The number of hydrogen-bond donors (Lipinski definition) is 1. The lowest BCUT2D eigenvalue weighted by Crippen LogP contribution is -2.17. The summed E-state index contributed by atoms with van der Waals surface area (Å²) in [4.78, 5) is 0. The first kappa shape index (κ1) is 16.0. The molecule has 2 heteroatoms. The molecule has 102 valence electrons. The molecule has 0 bridgehead atoms. The summed E-state index contributed by atoms with van der Waals surface area (Å²) in [6.45, 7) is 2.27. The Morgan fingerprint density at radius 3 is 2.39 bits per heavy atom. The van der Waals surface area contributed by atoms with Crippen LogP contribution in [0.2, 0.25) is 0 Å². The molecule has 18 heavy (non-hydrogen) atoms. The van der Waals surface area contributed by atoms with Crippen LogP contribution < -0.4 is 5.32 Å². The van der Waals surface area contributed by atoms with Crippen LogP contribution in [-0.4, -0.2) is 7.05 Å². The lowest BCUT2D eigenvalue weighted by molar-refractivity contribution is 0.496. The third kappa shape index (κ3) is 5.70. The van der Waals surface area contributed by atoms with Crippen LogP contribution in [0.3, 0.4) is 0 Å². The second-order valence-electron chi connectivity index (χ2n) is 4.92. The molecule has 0 aliphatic heterocycles. The molecule has 1 atom stereocenters. The fourth-order valence-corrected chi connectivity index (χ4v) is 3.11. The van der Waals surface area contributed by atoms with E-state index >= 15 is 0 Å². The zero-order chi connectivity index (χ0) is 13.2. The molecule has 0 radical (unpaired) electrons. The van der Waals surface area contributed by atoms with Gasteiger partial charge in [-0.05, 0) is 47.7 Å². The molecule has 1 aromatic carbocycles. The van der Waals surface area contributed by atoms with Crippen molar-refractivity contribution in [2.24, 2.45) is 0 Å². The Morgan fingerprint density at radius 2 is 1.72 bits per heavy atom. The van der Waals surface area contributed by atoms with E-state index in [-0.39, 0.29) is 0 Å². The molecule has 1 nitrogen and oxygen atoms in total. The molecule has 0 aliphatic carbocycles. The first-order valence-electron chi connectivity index (χ1n) is 7.21. The van der Waals surface area contributed by atoms with E-state index in [1.807, 2.05) is 0 Å². The average Bonchev–Trinajstić information content (AvgIpc) is 2.39. The largest absolute Gasteiger partial charge is 0.313 e. The van der Waals surface area contributed by atoms with Gasteiger partial charge in [-0.2, -0.15) is 0 Å². The van der Waals surface area contributed by atoms with Crippen LogP contribution in [0.5, 0.6) is 0 Å². The van der Waals surface area contributed by atoms with Crippen LogP contribution in [0, 0.1) is 3.57 Å². The van der Waals surface area contributed by atoms with Crippen molar-refractivity contribution < 1.29 is 0 Å². The van der Waals surface area contributed by atoms with Gasteiger partial charge in [0.15, 0.2) is 0 Å². The van der Waals surface area contributed by atoms with Gasteiger partial charge >= 0.3 is 0 Å². The highest BCUT2D eigenvalue weighted by atomic mass is 127. The van der Waals surface area contributed by atoms with Gasteiger partial charge in [-0.3, -0.25) is 0 Å². The minimum atomic E-state index is 0.518. The summed E-state index contributed by atoms with van der Waals surface area (Å²) in [5.74, 6) is 0. The third-order valence-corrected chi connectivity index (χ3v) is 4.46. The standard InChI is InChI=1S/C16H26IN/c1-3-4-5-6-7-8-13-16(18-2)14-11-9-10-12-15(14)17/h9-12,16,18H,3-8,13H2,1-2H3. The summed E-state index contributed by atoms with van der Waals surface area (Å²) in [6.07, 6.45) is 9.50. The molecule has 0 spiro atoms. The van der Waals surface area contributed by atoms with E-state index in [4.69, 9.17) is 0 Å². The van der Waals surface area contributed by atoms with Crippen molar-refractivity contribution in [3.05, 3.63) is 33.4 Å². The first-order valence-corrected chi connectivity index (χ1v) is 8.29. The van der Waals surface area contributed by atoms with E-state index in [9.17, 15) is 0 Å². The van der Waals surface area contributed by atoms with Crippen molar-refractivity contribution in [3.63, 3.8) is 0 Å². The van der Waals surface area contributed by atoms with Gasteiger partial charge < -0.3 is 5.32 Å². The van der Waals surface area contributed by atoms with Gasteiger partial charge in [0.2, 0.25) is 0 Å². The molecule has 0 fully saturated rings. The summed E-state index contributed by atoms with van der Waals surface area (Å²) < 4.78 is 1.38. The van der Waals surface area contributed by atoms with Crippen molar-refractivity contribution in [2.45, 2.75) is 57.9 Å². The van der Waals surface area contributed by atoms with Gasteiger partial charge in [0.05, 0.1) is 0 Å². The predicted molar refractivity (Wildman–Crippen MR) is 89.0 cm³/mol. The van der Waals surface area contributed by atoms with Crippen molar-refractivity contribution in [3.8, 4) is 0 Å². The van der Waals surface area contributed by atoms with E-state index in [2.05, 4.69) is 66.1 Å². The summed E-state index contributed by atoms with van der Waals surface area (Å²) >= 11 is 2.44. The zero-order valence-electron chi connectivity index (χ0n) is 11.7. The number of benzene rings is 1. The molecule has 1 N–H and O–H groups in total. The molecule has 0 saturated carbocycles. The quantitative estimate of drug-likeness (QED) is 0.466. The Kier molecular flexibility index (Phi) is 8.68. The Bertz CT molecular complexity index is 325. The van der Waals surface area contributed by atoms with Crippen molar-refractivity contribution in [2.75, 3.05) is 7.05 Å². The number of halogens is 1. The highest BCUT2D eigenvalue weighted by molar-refractivity contribution is 14.1. The molecule has 1 aromatic rings. The number of rotatable bonds is 9. The highest BCUT2D eigenvalue weighted by Gasteiger charge is 2.11. The fraction of sp³-hybridized carbons (Fsp3) is 0.625. The highest BCUT2D eigenvalue weighted by Crippen LogP contribution is 2.24. The lowest BCUT2D eigenvalue weighted by atomic mass is 10.00. The van der Waals surface area contributed by atoms with Gasteiger partial charge in [-0.15, -0.1) is 0 Å². The average molecular weight is 359 g/mol. The Labute approximate surface area is 126 Å². The second-order valence-corrected chi connectivity index (χ2v) is 6.08. The van der Waals surface area contributed by atoms with Crippen LogP contribution >= 0.6 is 22.6 Å². The van der Waals surface area contributed by atoms with E-state index in [0.29, 0.717) is 6.04 Å². The SMILES string of the molecule is CCCCCCCCC(NC)c1ccccc1I. The Balaban J connectivity index is 2.32. The van der Waals surface area contributed by atoms with Crippen LogP contribution in [-0.2, 0) is 0 Å². The lowest BCUT2D eigenvalue weighted by Gasteiger charge is -2.18. The van der Waals surface area contributed by atoms with Crippen molar-refractivity contribution in [1.29, 1.82) is 0 Å². The summed E-state index contributed by atoms with van der Waals surface area (Å²) in [7, 11) is 2.07. The monoisotopic (exact) mass is 359 g/mol. The molecular weight excluding hydrogens is 333 g/mol. The van der Waals surface area contributed by atoms with E-state index in [1.54, 1.807) is 0 Å². The minimum absolute atomic E-state index is 0.518. The number of hydrogen-bond acceptors (Lipinski definition) is 1. The first-order chi connectivity index (χ1) is 8.79. The van der Waals surface area contributed by atoms with Gasteiger partial charge in [-0.1, -0.05) is 63.6 Å². The molecule has 0 saturated heterocycles. The van der Waals surface area contributed by atoms with Crippen LogP contribution in [0.25, 0.3) is 0 Å². The van der Waals surface area contributed by atoms with E-state index < -0.39 is 0 Å². The van der Waals surface area contributed by atoms with Crippen molar-refractivity contribution in [1.82, 2.24) is 5.32 Å². The third-order valence-electron chi connectivity index (χ3n) is 3.48. The van der Waals surface area contributed by atoms with Gasteiger partial charge in [0.1, 0.15) is 0 Å². The minimum Gasteiger partial charge on any atom is -0.313 e. The summed E-state index contributed by atoms with van der Waals surface area (Å²) in [5.41, 5.74) is 1.45. The molecular formula is C16H26IN. The smallest absolute Gasteiger partial charge is 0.0328 e. The fourth-order valence-electron chi connectivity index (χ4n) is 2.34. The van der Waals surface area contributed by atoms with Crippen LogP contribution in [0.15, 0.2) is 24.3 Å². The maximum absolute atomic E-state index is 3.46. The van der Waals surface area contributed by atoms with Crippen LogP contribution in [0.1, 0.15) is 63.5 Å². The zero-order valence-corrected chi connectivity index (χ0v) is 13.9. The molecule has 0 aromatic heterocycles.